The highest BCUT2D eigenvalue weighted by Gasteiger charge is 2.40. The van der Waals surface area contributed by atoms with E-state index in [-0.39, 0.29) is 34.8 Å². The lowest BCUT2D eigenvalue weighted by Gasteiger charge is -2.25. The summed E-state index contributed by atoms with van der Waals surface area (Å²) in [5, 5.41) is 8.18. The Bertz CT molecular complexity index is 1410. The maximum absolute atomic E-state index is 13.9. The average Bonchev–Trinajstić information content (AvgIpc) is 3.62. The van der Waals surface area contributed by atoms with Crippen LogP contribution in [0.25, 0.3) is 5.69 Å². The molecule has 3 aromatic rings. The first-order chi connectivity index (χ1) is 20.2. The molecule has 5 rings (SSSR count). The maximum Gasteiger partial charge on any atom is 0.240 e. The van der Waals surface area contributed by atoms with Crippen molar-refractivity contribution in [3.8, 4) is 11.4 Å². The number of nitrogens with zero attached hydrogens (tertiary/aromatic N) is 4. The zero-order chi connectivity index (χ0) is 29.9. The summed E-state index contributed by atoms with van der Waals surface area (Å²) in [6.07, 6.45) is 3.24. The number of benzene rings is 2. The molecule has 1 saturated heterocycles. The summed E-state index contributed by atoms with van der Waals surface area (Å²) >= 11 is 1.59. The number of fused-ring (bicyclic) bond motifs is 1. The molecule has 0 bridgehead atoms. The van der Waals surface area contributed by atoms with Gasteiger partial charge in [-0.3, -0.25) is 14.5 Å². The second kappa shape index (κ2) is 12.9. The van der Waals surface area contributed by atoms with Gasteiger partial charge in [0.2, 0.25) is 11.8 Å². The quantitative estimate of drug-likeness (QED) is 0.373. The molecule has 2 aromatic carbocycles. The summed E-state index contributed by atoms with van der Waals surface area (Å²) in [6.45, 7) is 12.1. The number of thioether (sulfide) groups is 1. The van der Waals surface area contributed by atoms with Crippen molar-refractivity contribution in [2.45, 2.75) is 57.6 Å². The molecular formula is C33H43N5O3S. The minimum Gasteiger partial charge on any atom is -0.497 e. The molecular weight excluding hydrogens is 546 g/mol. The van der Waals surface area contributed by atoms with E-state index in [1.807, 2.05) is 28.9 Å². The molecule has 8 nitrogen and oxygen atoms in total. The van der Waals surface area contributed by atoms with Gasteiger partial charge in [-0.1, -0.05) is 58.0 Å². The molecule has 42 heavy (non-hydrogen) atoms. The van der Waals surface area contributed by atoms with E-state index < -0.39 is 0 Å². The summed E-state index contributed by atoms with van der Waals surface area (Å²) in [5.41, 5.74) is 4.73. The van der Waals surface area contributed by atoms with E-state index >= 15 is 0 Å². The van der Waals surface area contributed by atoms with Crippen LogP contribution in [0.4, 0.5) is 5.82 Å². The van der Waals surface area contributed by atoms with Crippen molar-refractivity contribution in [2.24, 2.45) is 0 Å². The van der Waals surface area contributed by atoms with Crippen molar-refractivity contribution in [3.05, 3.63) is 70.9 Å². The first-order valence-corrected chi connectivity index (χ1v) is 16.0. The summed E-state index contributed by atoms with van der Waals surface area (Å²) in [7, 11) is 1.66. The number of aromatic nitrogens is 2. The van der Waals surface area contributed by atoms with Crippen LogP contribution in [-0.2, 0) is 21.4 Å². The van der Waals surface area contributed by atoms with Crippen LogP contribution in [0, 0.1) is 0 Å². The fraction of sp³-hybridized carbons (Fsp3) is 0.485. The zero-order valence-corrected chi connectivity index (χ0v) is 26.3. The fourth-order valence-corrected chi connectivity index (χ4v) is 7.06. The van der Waals surface area contributed by atoms with Crippen molar-refractivity contribution in [2.75, 3.05) is 50.5 Å². The fourth-order valence-electron chi connectivity index (χ4n) is 5.86. The highest BCUT2D eigenvalue weighted by molar-refractivity contribution is 8.00. The van der Waals surface area contributed by atoms with E-state index in [1.165, 1.54) is 12.8 Å². The first kappa shape index (κ1) is 30.2. The van der Waals surface area contributed by atoms with Crippen LogP contribution in [0.15, 0.2) is 48.5 Å². The van der Waals surface area contributed by atoms with E-state index in [2.05, 4.69) is 62.2 Å². The highest BCUT2D eigenvalue weighted by Crippen LogP contribution is 2.48. The second-order valence-corrected chi connectivity index (χ2v) is 13.2. The van der Waals surface area contributed by atoms with Crippen molar-refractivity contribution in [1.82, 2.24) is 20.0 Å². The third-order valence-electron chi connectivity index (χ3n) is 8.07. The summed E-state index contributed by atoms with van der Waals surface area (Å²) in [5.74, 6) is 1.47. The molecule has 2 aliphatic rings. The Morgan fingerprint density at radius 3 is 2.48 bits per heavy atom. The molecule has 0 spiro atoms. The number of anilines is 1. The van der Waals surface area contributed by atoms with Crippen LogP contribution in [0.5, 0.6) is 5.75 Å². The minimum absolute atomic E-state index is 0.0503. The number of aryl methyl sites for hydroxylation is 1. The van der Waals surface area contributed by atoms with Crippen LogP contribution in [0.2, 0.25) is 0 Å². The lowest BCUT2D eigenvalue weighted by Crippen LogP contribution is -2.44. The topological polar surface area (TPSA) is 79.7 Å². The molecule has 3 heterocycles. The molecule has 1 unspecified atom stereocenters. The lowest BCUT2D eigenvalue weighted by molar-refractivity contribution is -0.122. The van der Waals surface area contributed by atoms with E-state index in [1.54, 1.807) is 23.8 Å². The van der Waals surface area contributed by atoms with Gasteiger partial charge >= 0.3 is 0 Å². The smallest absolute Gasteiger partial charge is 0.240 e. The summed E-state index contributed by atoms with van der Waals surface area (Å²) in [6, 6.07) is 16.2. The van der Waals surface area contributed by atoms with Crippen LogP contribution in [0.3, 0.4) is 0 Å². The molecule has 1 aromatic heterocycles. The van der Waals surface area contributed by atoms with Gasteiger partial charge in [0.15, 0.2) is 0 Å². The van der Waals surface area contributed by atoms with Crippen LogP contribution in [0.1, 0.15) is 68.2 Å². The van der Waals surface area contributed by atoms with Gasteiger partial charge in [-0.25, -0.2) is 4.68 Å². The van der Waals surface area contributed by atoms with Gasteiger partial charge in [0, 0.05) is 24.1 Å². The monoisotopic (exact) mass is 589 g/mol. The maximum atomic E-state index is 13.9. The number of likely N-dealkylation sites (tertiary alicyclic amines) is 1. The summed E-state index contributed by atoms with van der Waals surface area (Å²) in [4.78, 5) is 31.3. The standard InChI is InChI=1S/C33H43N5O3S/c1-6-23-11-7-8-12-26(23)38-32-29(31(35-38)33(2,3)4)30(24-13-15-25(41-5)16-14-24)42-22-28(40)37(32)21-27(39)34-17-20-36-18-9-10-19-36/h7-8,11-16,30H,6,9-10,17-22H2,1-5H3,(H,34,39). The highest BCUT2D eigenvalue weighted by atomic mass is 32.2. The number of carbonyl (C=O) groups is 2. The molecule has 0 aliphatic carbocycles. The lowest BCUT2D eigenvalue weighted by atomic mass is 9.87. The Kier molecular flexibility index (Phi) is 9.28. The Labute approximate surface area is 253 Å². The normalized spacial score (nSPS) is 17.7. The summed E-state index contributed by atoms with van der Waals surface area (Å²) < 4.78 is 7.35. The Morgan fingerprint density at radius 2 is 1.81 bits per heavy atom. The number of ether oxygens (including phenoxy) is 1. The number of methoxy groups -OCH3 is 1. The first-order valence-electron chi connectivity index (χ1n) is 15.0. The van der Waals surface area contributed by atoms with Gasteiger partial charge in [-0.05, 0) is 61.7 Å². The number of hydrogen-bond donors (Lipinski definition) is 1. The molecule has 9 heteroatoms. The van der Waals surface area contributed by atoms with Gasteiger partial charge in [-0.15, -0.1) is 11.8 Å². The third kappa shape index (κ3) is 6.37. The minimum atomic E-state index is -0.307. The Hall–Kier alpha value is -3.30. The number of para-hydroxylation sites is 1. The van der Waals surface area contributed by atoms with Crippen LogP contribution in [-0.4, -0.2) is 72.1 Å². The van der Waals surface area contributed by atoms with Gasteiger partial charge in [0.05, 0.1) is 29.5 Å². The number of nitrogens with one attached hydrogen (secondary N) is 1. The molecule has 1 atom stereocenters. The number of carbonyl (C=O) groups excluding carboxylic acids is 2. The number of hydrogen-bond acceptors (Lipinski definition) is 6. The Morgan fingerprint density at radius 1 is 1.10 bits per heavy atom. The van der Waals surface area contributed by atoms with Gasteiger partial charge in [0.25, 0.3) is 0 Å². The van der Waals surface area contributed by atoms with E-state index in [0.717, 1.165) is 59.9 Å². The van der Waals surface area contributed by atoms with Gasteiger partial charge < -0.3 is 15.0 Å². The SMILES string of the molecule is CCc1ccccc1-n1nc(C(C)(C)C)c2c1N(CC(=O)NCCN1CCCC1)C(=O)CSC2c1ccc(OC)cc1. The van der Waals surface area contributed by atoms with E-state index in [4.69, 9.17) is 9.84 Å². The van der Waals surface area contributed by atoms with Crippen molar-refractivity contribution in [3.63, 3.8) is 0 Å². The Balaban J connectivity index is 1.62. The van der Waals surface area contributed by atoms with Gasteiger partial charge in [0.1, 0.15) is 18.1 Å². The second-order valence-electron chi connectivity index (χ2n) is 12.1. The number of amides is 2. The van der Waals surface area contributed by atoms with Crippen molar-refractivity contribution < 1.29 is 14.3 Å². The van der Waals surface area contributed by atoms with Crippen molar-refractivity contribution >= 4 is 29.4 Å². The number of rotatable bonds is 9. The molecule has 1 N–H and O–H groups in total. The van der Waals surface area contributed by atoms with Crippen LogP contribution < -0.4 is 15.0 Å². The van der Waals surface area contributed by atoms with Crippen LogP contribution >= 0.6 is 11.8 Å². The molecule has 1 fully saturated rings. The molecule has 2 aliphatic heterocycles. The predicted octanol–water partition coefficient (Wildman–Crippen LogP) is 5.12. The van der Waals surface area contributed by atoms with Gasteiger partial charge in [-0.2, -0.15) is 5.10 Å². The van der Waals surface area contributed by atoms with E-state index in [9.17, 15) is 9.59 Å². The van der Waals surface area contributed by atoms with E-state index in [0.29, 0.717) is 12.4 Å². The molecule has 2 amide bonds. The predicted molar refractivity (Wildman–Crippen MR) is 170 cm³/mol. The largest absolute Gasteiger partial charge is 0.497 e. The molecule has 0 saturated carbocycles. The average molecular weight is 590 g/mol. The zero-order valence-electron chi connectivity index (χ0n) is 25.5. The van der Waals surface area contributed by atoms with Crippen molar-refractivity contribution in [1.29, 1.82) is 0 Å². The molecule has 0 radical (unpaired) electrons. The molecule has 224 valence electrons. The third-order valence-corrected chi connectivity index (χ3v) is 9.32.